The number of aryl methyl sites for hydroxylation is 1. The molecule has 94 valence electrons. The van der Waals surface area contributed by atoms with Gasteiger partial charge >= 0.3 is 6.18 Å². The van der Waals surface area contributed by atoms with Gasteiger partial charge in [0, 0.05) is 24.2 Å². The first kappa shape index (κ1) is 12.8. The molecule has 0 N–H and O–H groups in total. The van der Waals surface area contributed by atoms with Crippen molar-refractivity contribution in [2.24, 2.45) is 0 Å². The Kier molecular flexibility index (Phi) is 3.21. The summed E-state index contributed by atoms with van der Waals surface area (Å²) in [6.45, 7) is 1.61. The maximum absolute atomic E-state index is 12.9. The lowest BCUT2D eigenvalue weighted by Crippen LogP contribution is -2.08. The molecule has 3 nitrogen and oxygen atoms in total. The van der Waals surface area contributed by atoms with E-state index < -0.39 is 11.7 Å². The predicted molar refractivity (Wildman–Crippen MR) is 60.0 cm³/mol. The highest BCUT2D eigenvalue weighted by Crippen LogP contribution is 2.36. The minimum Gasteiger partial charge on any atom is -0.264 e. The average molecular weight is 274 g/mol. The molecule has 0 atom stereocenters. The summed E-state index contributed by atoms with van der Waals surface area (Å²) in [5.41, 5.74) is -0.268. The number of hydrogen-bond donors (Lipinski definition) is 0. The molecule has 0 unspecified atom stereocenters. The molecule has 0 bridgehead atoms. The molecule has 0 spiro atoms. The van der Waals surface area contributed by atoms with Crippen LogP contribution >= 0.6 is 11.6 Å². The largest absolute Gasteiger partial charge is 0.417 e. The number of nitrogens with zero attached hydrogens (tertiary/aromatic N) is 3. The van der Waals surface area contributed by atoms with Crippen molar-refractivity contribution >= 4 is 11.6 Å². The van der Waals surface area contributed by atoms with Crippen molar-refractivity contribution in [3.8, 4) is 11.3 Å². The standard InChI is InChI=1S/C11H7ClF3N3/c1-6-4-17-10(12)18-9(6)7-5-16-3-2-8(7)11(13,14)15/h2-5H,1H3. The molecule has 2 rings (SSSR count). The minimum absolute atomic E-state index is 0.104. The summed E-state index contributed by atoms with van der Waals surface area (Å²) in [7, 11) is 0. The van der Waals surface area contributed by atoms with E-state index in [0.717, 1.165) is 18.5 Å². The molecule has 2 heterocycles. The van der Waals surface area contributed by atoms with Gasteiger partial charge < -0.3 is 0 Å². The van der Waals surface area contributed by atoms with Gasteiger partial charge in [-0.15, -0.1) is 0 Å². The predicted octanol–water partition coefficient (Wildman–Crippen LogP) is 3.52. The Morgan fingerprint density at radius 1 is 1.22 bits per heavy atom. The van der Waals surface area contributed by atoms with Gasteiger partial charge in [0.25, 0.3) is 0 Å². The zero-order chi connectivity index (χ0) is 13.3. The summed E-state index contributed by atoms with van der Waals surface area (Å²) in [5.74, 6) is 0. The summed E-state index contributed by atoms with van der Waals surface area (Å²) in [4.78, 5) is 11.2. The lowest BCUT2D eigenvalue weighted by atomic mass is 10.0. The molecule has 0 radical (unpaired) electrons. The normalized spacial score (nSPS) is 11.6. The van der Waals surface area contributed by atoms with Gasteiger partial charge in [0.15, 0.2) is 0 Å². The highest BCUT2D eigenvalue weighted by molar-refractivity contribution is 6.28. The monoisotopic (exact) mass is 273 g/mol. The van der Waals surface area contributed by atoms with Crippen LogP contribution in [0.1, 0.15) is 11.1 Å². The maximum Gasteiger partial charge on any atom is 0.417 e. The van der Waals surface area contributed by atoms with E-state index in [2.05, 4.69) is 15.0 Å². The van der Waals surface area contributed by atoms with Crippen LogP contribution in [0.15, 0.2) is 24.7 Å². The smallest absolute Gasteiger partial charge is 0.264 e. The third kappa shape index (κ3) is 2.43. The molecule has 0 aromatic carbocycles. The highest BCUT2D eigenvalue weighted by Gasteiger charge is 2.34. The fourth-order valence-electron chi connectivity index (χ4n) is 1.52. The lowest BCUT2D eigenvalue weighted by molar-refractivity contribution is -0.137. The Balaban J connectivity index is 2.68. The van der Waals surface area contributed by atoms with E-state index in [1.807, 2.05) is 0 Å². The van der Waals surface area contributed by atoms with Gasteiger partial charge in [-0.25, -0.2) is 9.97 Å². The minimum atomic E-state index is -4.47. The van der Waals surface area contributed by atoms with E-state index in [-0.39, 0.29) is 16.5 Å². The van der Waals surface area contributed by atoms with E-state index in [0.29, 0.717) is 5.56 Å². The van der Waals surface area contributed by atoms with Gasteiger partial charge in [-0.2, -0.15) is 13.2 Å². The topological polar surface area (TPSA) is 38.7 Å². The van der Waals surface area contributed by atoms with E-state index in [4.69, 9.17) is 11.6 Å². The van der Waals surface area contributed by atoms with Crippen LogP contribution in [-0.2, 0) is 6.18 Å². The van der Waals surface area contributed by atoms with Crippen molar-refractivity contribution in [3.63, 3.8) is 0 Å². The molecule has 0 aliphatic rings. The molecule has 0 aliphatic carbocycles. The molecule has 2 aromatic rings. The molecule has 0 saturated carbocycles. The number of hydrogen-bond acceptors (Lipinski definition) is 3. The molecule has 7 heteroatoms. The quantitative estimate of drug-likeness (QED) is 0.746. The number of aromatic nitrogens is 3. The second-order valence-corrected chi connectivity index (χ2v) is 3.93. The number of rotatable bonds is 1. The van der Waals surface area contributed by atoms with Gasteiger partial charge in [0.1, 0.15) is 0 Å². The van der Waals surface area contributed by atoms with Crippen LogP contribution < -0.4 is 0 Å². The van der Waals surface area contributed by atoms with Crippen molar-refractivity contribution < 1.29 is 13.2 Å². The van der Waals surface area contributed by atoms with Crippen molar-refractivity contribution in [1.82, 2.24) is 15.0 Å². The van der Waals surface area contributed by atoms with Crippen LogP contribution in [0.3, 0.4) is 0 Å². The zero-order valence-corrected chi connectivity index (χ0v) is 9.92. The SMILES string of the molecule is Cc1cnc(Cl)nc1-c1cnccc1C(F)(F)F. The first-order valence-corrected chi connectivity index (χ1v) is 5.28. The third-order valence-electron chi connectivity index (χ3n) is 2.32. The summed E-state index contributed by atoms with van der Waals surface area (Å²) in [5, 5.41) is -0.104. The van der Waals surface area contributed by atoms with Gasteiger partial charge in [0.2, 0.25) is 5.28 Å². The molecule has 0 aliphatic heterocycles. The Bertz CT molecular complexity index is 584. The zero-order valence-electron chi connectivity index (χ0n) is 9.16. The van der Waals surface area contributed by atoms with Gasteiger partial charge in [-0.3, -0.25) is 4.98 Å². The van der Waals surface area contributed by atoms with Crippen molar-refractivity contribution in [2.45, 2.75) is 13.1 Å². The summed E-state index contributed by atoms with van der Waals surface area (Å²) in [6, 6.07) is 0.908. The van der Waals surface area contributed by atoms with Crippen LogP contribution in [0, 0.1) is 6.92 Å². The van der Waals surface area contributed by atoms with Gasteiger partial charge in [-0.1, -0.05) is 0 Å². The van der Waals surface area contributed by atoms with Gasteiger partial charge in [0.05, 0.1) is 11.3 Å². The Hall–Kier alpha value is -1.69. The summed E-state index contributed by atoms with van der Waals surface area (Å²) >= 11 is 5.61. The second kappa shape index (κ2) is 4.53. The first-order valence-electron chi connectivity index (χ1n) is 4.90. The lowest BCUT2D eigenvalue weighted by Gasteiger charge is -2.12. The van der Waals surface area contributed by atoms with Crippen LogP contribution in [-0.4, -0.2) is 15.0 Å². The van der Waals surface area contributed by atoms with E-state index in [1.54, 1.807) is 6.92 Å². The number of halogens is 4. The molecular formula is C11H7ClF3N3. The fraction of sp³-hybridized carbons (Fsp3) is 0.182. The summed E-state index contributed by atoms with van der Waals surface area (Å²) < 4.78 is 38.6. The fourth-order valence-corrected chi connectivity index (χ4v) is 1.66. The molecule has 0 saturated heterocycles. The average Bonchev–Trinajstić information content (AvgIpc) is 2.31. The van der Waals surface area contributed by atoms with Crippen LogP contribution in [0.25, 0.3) is 11.3 Å². The van der Waals surface area contributed by atoms with Gasteiger partial charge in [-0.05, 0) is 30.2 Å². The molecular weight excluding hydrogens is 267 g/mol. The van der Waals surface area contributed by atoms with Crippen molar-refractivity contribution in [1.29, 1.82) is 0 Å². The molecule has 0 fully saturated rings. The van der Waals surface area contributed by atoms with Crippen LogP contribution in [0.4, 0.5) is 13.2 Å². The second-order valence-electron chi connectivity index (χ2n) is 3.59. The van der Waals surface area contributed by atoms with E-state index in [1.165, 1.54) is 6.20 Å². The Morgan fingerprint density at radius 2 is 1.94 bits per heavy atom. The number of pyridine rings is 1. The van der Waals surface area contributed by atoms with Crippen LogP contribution in [0.2, 0.25) is 5.28 Å². The molecule has 2 aromatic heterocycles. The number of alkyl halides is 3. The van der Waals surface area contributed by atoms with Crippen molar-refractivity contribution in [3.05, 3.63) is 41.1 Å². The maximum atomic E-state index is 12.9. The summed E-state index contributed by atoms with van der Waals surface area (Å²) in [6.07, 6.45) is -0.890. The molecule has 0 amide bonds. The highest BCUT2D eigenvalue weighted by atomic mass is 35.5. The van der Waals surface area contributed by atoms with E-state index >= 15 is 0 Å². The first-order chi connectivity index (χ1) is 8.39. The third-order valence-corrected chi connectivity index (χ3v) is 2.51. The molecule has 18 heavy (non-hydrogen) atoms. The Morgan fingerprint density at radius 3 is 2.61 bits per heavy atom. The van der Waals surface area contributed by atoms with Crippen molar-refractivity contribution in [2.75, 3.05) is 0 Å². The van der Waals surface area contributed by atoms with E-state index in [9.17, 15) is 13.2 Å². The van der Waals surface area contributed by atoms with Crippen LogP contribution in [0.5, 0.6) is 0 Å². The Labute approximate surface area is 106 Å².